The van der Waals surface area contributed by atoms with Gasteiger partial charge in [-0.25, -0.2) is 4.98 Å². The average molecular weight is 555 g/mol. The standard InChI is InChI=1S/C37H22N4S/c1-4-12-23(13-5-1)27-22-29-34-32-26(27)18-10-20-30(32)42-31-21-11-19-28(33(31)34)41(29)37-39-35(24-14-6-2-7-15-24)38-36(40-37)25-16-8-3-9-17-25/h1-22H. The van der Waals surface area contributed by atoms with Gasteiger partial charge in [-0.1, -0.05) is 121 Å². The van der Waals surface area contributed by atoms with Gasteiger partial charge in [0.15, 0.2) is 11.6 Å². The van der Waals surface area contributed by atoms with Gasteiger partial charge in [-0.3, -0.25) is 4.57 Å². The van der Waals surface area contributed by atoms with Crippen molar-refractivity contribution in [2.24, 2.45) is 0 Å². The first-order chi connectivity index (χ1) is 20.8. The van der Waals surface area contributed by atoms with E-state index in [-0.39, 0.29) is 0 Å². The molecule has 0 amide bonds. The Morgan fingerprint density at radius 1 is 0.452 bits per heavy atom. The van der Waals surface area contributed by atoms with Gasteiger partial charge in [0, 0.05) is 37.1 Å². The number of benzene rings is 6. The lowest BCUT2D eigenvalue weighted by molar-refractivity contribution is 0.953. The second-order valence-corrected chi connectivity index (χ2v) is 11.5. The Balaban J connectivity index is 1.44. The highest BCUT2D eigenvalue weighted by atomic mass is 32.2. The number of hydrogen-bond donors (Lipinski definition) is 0. The Kier molecular flexibility index (Phi) is 5.10. The van der Waals surface area contributed by atoms with E-state index in [1.807, 2.05) is 48.2 Å². The van der Waals surface area contributed by atoms with Gasteiger partial charge < -0.3 is 0 Å². The maximum Gasteiger partial charge on any atom is 0.238 e. The molecule has 0 aliphatic carbocycles. The predicted molar refractivity (Wildman–Crippen MR) is 172 cm³/mol. The first kappa shape index (κ1) is 23.4. The van der Waals surface area contributed by atoms with Crippen molar-refractivity contribution in [1.29, 1.82) is 0 Å². The summed E-state index contributed by atoms with van der Waals surface area (Å²) in [5.74, 6) is 1.92. The normalized spacial score (nSPS) is 12.2. The summed E-state index contributed by atoms with van der Waals surface area (Å²) in [7, 11) is 0. The van der Waals surface area contributed by atoms with E-state index in [9.17, 15) is 0 Å². The van der Waals surface area contributed by atoms with Gasteiger partial charge in [0.25, 0.3) is 0 Å². The highest BCUT2D eigenvalue weighted by molar-refractivity contribution is 8.00. The van der Waals surface area contributed by atoms with E-state index in [2.05, 4.69) is 102 Å². The number of aromatic nitrogens is 4. The molecule has 8 aromatic rings. The molecular formula is C37H22N4S. The van der Waals surface area contributed by atoms with Gasteiger partial charge in [0.1, 0.15) is 0 Å². The zero-order chi connectivity index (χ0) is 27.6. The lowest BCUT2D eigenvalue weighted by Gasteiger charge is -2.17. The maximum atomic E-state index is 5.13. The predicted octanol–water partition coefficient (Wildman–Crippen LogP) is 9.59. The lowest BCUT2D eigenvalue weighted by Crippen LogP contribution is -2.06. The third-order valence-corrected chi connectivity index (χ3v) is 9.15. The summed E-state index contributed by atoms with van der Waals surface area (Å²) in [6.45, 7) is 0. The minimum Gasteiger partial charge on any atom is -0.278 e. The molecule has 0 atom stereocenters. The smallest absolute Gasteiger partial charge is 0.238 e. The SMILES string of the molecule is c1ccc(-c2nc(-c3ccccc3)nc(-n3c4cccc5c4c4c6c(cccc6c(-c6ccccc6)cc43)S5)n2)cc1. The van der Waals surface area contributed by atoms with E-state index in [0.29, 0.717) is 17.6 Å². The molecule has 1 aliphatic heterocycles. The molecule has 0 bridgehead atoms. The topological polar surface area (TPSA) is 43.6 Å². The van der Waals surface area contributed by atoms with Crippen LogP contribution >= 0.6 is 11.8 Å². The van der Waals surface area contributed by atoms with Gasteiger partial charge in [-0.05, 0) is 40.8 Å². The van der Waals surface area contributed by atoms with Crippen LogP contribution in [0.2, 0.25) is 0 Å². The van der Waals surface area contributed by atoms with Gasteiger partial charge in [0.2, 0.25) is 5.95 Å². The summed E-state index contributed by atoms with van der Waals surface area (Å²) < 4.78 is 2.24. The molecule has 0 unspecified atom stereocenters. The summed E-state index contributed by atoms with van der Waals surface area (Å²) in [5, 5.41) is 5.07. The van der Waals surface area contributed by atoms with Crippen LogP contribution in [-0.4, -0.2) is 19.5 Å². The molecule has 6 aromatic carbocycles. The summed E-state index contributed by atoms with van der Waals surface area (Å²) in [6.07, 6.45) is 0. The van der Waals surface area contributed by atoms with Gasteiger partial charge >= 0.3 is 0 Å². The van der Waals surface area contributed by atoms with Crippen molar-refractivity contribution in [3.8, 4) is 39.9 Å². The van der Waals surface area contributed by atoms with Gasteiger partial charge in [0.05, 0.1) is 11.0 Å². The van der Waals surface area contributed by atoms with Crippen LogP contribution in [0.15, 0.2) is 143 Å². The van der Waals surface area contributed by atoms with Crippen LogP contribution in [0.25, 0.3) is 72.4 Å². The monoisotopic (exact) mass is 554 g/mol. The molecule has 9 rings (SSSR count). The molecule has 4 nitrogen and oxygen atoms in total. The van der Waals surface area contributed by atoms with E-state index in [4.69, 9.17) is 15.0 Å². The molecule has 42 heavy (non-hydrogen) atoms. The van der Waals surface area contributed by atoms with Crippen LogP contribution in [0.3, 0.4) is 0 Å². The van der Waals surface area contributed by atoms with E-state index in [0.717, 1.165) is 22.2 Å². The number of rotatable bonds is 4. The van der Waals surface area contributed by atoms with E-state index >= 15 is 0 Å². The highest BCUT2D eigenvalue weighted by Crippen LogP contribution is 2.51. The second-order valence-electron chi connectivity index (χ2n) is 10.5. The first-order valence-electron chi connectivity index (χ1n) is 14.0. The van der Waals surface area contributed by atoms with Crippen LogP contribution in [0.4, 0.5) is 0 Å². The molecule has 0 saturated carbocycles. The number of nitrogens with zero attached hydrogens (tertiary/aromatic N) is 4. The Morgan fingerprint density at radius 3 is 1.67 bits per heavy atom. The summed E-state index contributed by atoms with van der Waals surface area (Å²) in [4.78, 5) is 17.7. The Morgan fingerprint density at radius 2 is 1.02 bits per heavy atom. The highest BCUT2D eigenvalue weighted by Gasteiger charge is 2.26. The molecule has 196 valence electrons. The lowest BCUT2D eigenvalue weighted by atomic mass is 9.94. The van der Waals surface area contributed by atoms with E-state index in [1.165, 1.54) is 42.5 Å². The summed E-state index contributed by atoms with van der Waals surface area (Å²) >= 11 is 1.84. The van der Waals surface area contributed by atoms with Crippen molar-refractivity contribution >= 4 is 44.3 Å². The van der Waals surface area contributed by atoms with Crippen LogP contribution < -0.4 is 0 Å². The van der Waals surface area contributed by atoms with Crippen molar-refractivity contribution in [2.75, 3.05) is 0 Å². The minimum atomic E-state index is 0.614. The molecule has 1 aliphatic rings. The third-order valence-electron chi connectivity index (χ3n) is 8.03. The molecule has 0 spiro atoms. The fourth-order valence-corrected chi connectivity index (χ4v) is 7.36. The average Bonchev–Trinajstić information content (AvgIpc) is 3.41. The summed E-state index contributed by atoms with van der Waals surface area (Å²) in [6, 6.07) is 46.5. The molecule has 0 saturated heterocycles. The second kappa shape index (κ2) is 9.13. The van der Waals surface area contributed by atoms with Crippen molar-refractivity contribution in [2.45, 2.75) is 9.79 Å². The molecular weight excluding hydrogens is 533 g/mol. The van der Waals surface area contributed by atoms with Gasteiger partial charge in [-0.15, -0.1) is 0 Å². The van der Waals surface area contributed by atoms with Crippen molar-refractivity contribution in [3.05, 3.63) is 133 Å². The van der Waals surface area contributed by atoms with E-state index < -0.39 is 0 Å². The minimum absolute atomic E-state index is 0.614. The zero-order valence-corrected chi connectivity index (χ0v) is 23.2. The Hall–Kier alpha value is -5.26. The fourth-order valence-electron chi connectivity index (χ4n) is 6.20. The molecule has 0 radical (unpaired) electrons. The largest absolute Gasteiger partial charge is 0.278 e. The molecule has 5 heteroatoms. The molecule has 0 N–H and O–H groups in total. The van der Waals surface area contributed by atoms with Crippen LogP contribution in [0.5, 0.6) is 0 Å². The molecule has 2 aromatic heterocycles. The zero-order valence-electron chi connectivity index (χ0n) is 22.4. The molecule has 3 heterocycles. The van der Waals surface area contributed by atoms with Crippen LogP contribution in [0.1, 0.15) is 0 Å². The maximum absolute atomic E-state index is 5.13. The van der Waals surface area contributed by atoms with Crippen molar-refractivity contribution in [1.82, 2.24) is 19.5 Å². The van der Waals surface area contributed by atoms with Crippen molar-refractivity contribution < 1.29 is 0 Å². The first-order valence-corrected chi connectivity index (χ1v) is 14.8. The third kappa shape index (κ3) is 3.47. The quantitative estimate of drug-likeness (QED) is 0.217. The number of hydrogen-bond acceptors (Lipinski definition) is 4. The molecule has 0 fully saturated rings. The van der Waals surface area contributed by atoms with Crippen LogP contribution in [-0.2, 0) is 0 Å². The Bertz CT molecular complexity index is 2250. The van der Waals surface area contributed by atoms with Crippen LogP contribution in [0, 0.1) is 0 Å². The Labute approximate surface area is 246 Å². The van der Waals surface area contributed by atoms with E-state index in [1.54, 1.807) is 0 Å². The van der Waals surface area contributed by atoms with Crippen molar-refractivity contribution in [3.63, 3.8) is 0 Å². The fraction of sp³-hybridized carbons (Fsp3) is 0. The van der Waals surface area contributed by atoms with Gasteiger partial charge in [-0.2, -0.15) is 9.97 Å². The summed E-state index contributed by atoms with van der Waals surface area (Å²) in [5.41, 5.74) is 6.50.